The number of hydrogen-bond acceptors (Lipinski definition) is 6. The lowest BCUT2D eigenvalue weighted by atomic mass is 9.95. The van der Waals surface area contributed by atoms with Crippen LogP contribution in [-0.2, 0) is 11.3 Å². The molecule has 6 rings (SSSR count). The number of carbonyl (C=O) groups excluding carboxylic acids is 1. The number of hydrogen-bond donors (Lipinski definition) is 1. The molecule has 0 radical (unpaired) electrons. The van der Waals surface area contributed by atoms with Crippen molar-refractivity contribution in [2.75, 3.05) is 32.6 Å². The topological polar surface area (TPSA) is 91.8 Å². The van der Waals surface area contributed by atoms with Crippen molar-refractivity contribution in [3.05, 3.63) is 75.9 Å². The van der Waals surface area contributed by atoms with Crippen molar-refractivity contribution < 1.29 is 19.0 Å². The highest BCUT2D eigenvalue weighted by Gasteiger charge is 2.39. The predicted octanol–water partition coefficient (Wildman–Crippen LogP) is 6.25. The molecule has 1 saturated heterocycles. The molecule has 8 nitrogen and oxygen atoms in total. The van der Waals surface area contributed by atoms with Gasteiger partial charge in [-0.2, -0.15) is 5.10 Å². The number of anilines is 1. The number of methoxy groups -OCH3 is 1. The number of ether oxygens (including phenoxy) is 3. The molecule has 1 amide bonds. The van der Waals surface area contributed by atoms with Crippen molar-refractivity contribution in [2.24, 2.45) is 0 Å². The first-order valence-corrected chi connectivity index (χ1v) is 13.6. The summed E-state index contributed by atoms with van der Waals surface area (Å²) in [4.78, 5) is 15.9. The first kappa shape index (κ1) is 26.5. The van der Waals surface area contributed by atoms with Crippen LogP contribution < -0.4 is 15.2 Å². The van der Waals surface area contributed by atoms with Crippen molar-refractivity contribution in [3.63, 3.8) is 0 Å². The monoisotopic (exact) mass is 578 g/mol. The minimum absolute atomic E-state index is 0.156. The summed E-state index contributed by atoms with van der Waals surface area (Å²) in [5, 5.41) is 5.79. The number of nitrogens with zero attached hydrogens (tertiary/aromatic N) is 3. The van der Waals surface area contributed by atoms with Crippen LogP contribution in [0.25, 0.3) is 28.1 Å². The second kappa shape index (κ2) is 10.0. The Morgan fingerprint density at radius 3 is 2.55 bits per heavy atom. The average Bonchev–Trinajstić information content (AvgIpc) is 3.31. The fraction of sp³-hybridized carbons (Fsp3) is 0.267. The van der Waals surface area contributed by atoms with Gasteiger partial charge in [0.2, 0.25) is 0 Å². The third-order valence-electron chi connectivity index (χ3n) is 7.29. The second-order valence-corrected chi connectivity index (χ2v) is 11.4. The summed E-state index contributed by atoms with van der Waals surface area (Å²) in [7, 11) is 1.62. The zero-order chi connectivity index (χ0) is 28.2. The number of fused-ring (bicyclic) bond motifs is 3. The van der Waals surface area contributed by atoms with Gasteiger partial charge < -0.3 is 24.8 Å². The van der Waals surface area contributed by atoms with Crippen molar-refractivity contribution in [1.29, 1.82) is 0 Å². The van der Waals surface area contributed by atoms with Gasteiger partial charge in [-0.25, -0.2) is 4.68 Å². The molecule has 10 heteroatoms. The standard InChI is InChI=1S/C30H28Cl2N4O4/c1-30(2)16-39-8-7-35(30)29(37)27-24-15-40-26-14-25(38-3)22(17-5-4-6-20(33)9-17)13-23(26)28(24)36(34-27)21-11-18(31)10-19(32)12-21/h4-6,9-14H,7-8,15-16,33H2,1-3H3. The molecule has 0 aliphatic carbocycles. The summed E-state index contributed by atoms with van der Waals surface area (Å²) in [6, 6.07) is 16.6. The fourth-order valence-corrected chi connectivity index (χ4v) is 5.88. The average molecular weight is 579 g/mol. The van der Waals surface area contributed by atoms with E-state index in [4.69, 9.17) is 48.2 Å². The quantitative estimate of drug-likeness (QED) is 0.288. The molecule has 3 aromatic carbocycles. The molecule has 1 aromatic heterocycles. The van der Waals surface area contributed by atoms with Crippen LogP contribution >= 0.6 is 23.2 Å². The van der Waals surface area contributed by atoms with Gasteiger partial charge in [0.25, 0.3) is 5.91 Å². The predicted molar refractivity (Wildman–Crippen MR) is 156 cm³/mol. The van der Waals surface area contributed by atoms with Crippen LogP contribution in [0.3, 0.4) is 0 Å². The maximum atomic E-state index is 14.1. The highest BCUT2D eigenvalue weighted by Crippen LogP contribution is 2.46. The molecule has 2 aliphatic heterocycles. The first-order valence-electron chi connectivity index (χ1n) is 12.9. The Morgan fingerprint density at radius 2 is 1.85 bits per heavy atom. The maximum Gasteiger partial charge on any atom is 0.275 e. The Balaban J connectivity index is 1.60. The van der Waals surface area contributed by atoms with E-state index in [1.54, 1.807) is 30.0 Å². The van der Waals surface area contributed by atoms with E-state index < -0.39 is 5.54 Å². The molecule has 2 aliphatic rings. The van der Waals surface area contributed by atoms with Gasteiger partial charge in [0, 0.05) is 45.0 Å². The van der Waals surface area contributed by atoms with Crippen molar-refractivity contribution >= 4 is 34.8 Å². The van der Waals surface area contributed by atoms with E-state index in [-0.39, 0.29) is 12.5 Å². The van der Waals surface area contributed by atoms with Gasteiger partial charge in [0.15, 0.2) is 5.69 Å². The second-order valence-electron chi connectivity index (χ2n) is 10.5. The Hall–Kier alpha value is -3.72. The Morgan fingerprint density at radius 1 is 1.07 bits per heavy atom. The van der Waals surface area contributed by atoms with E-state index >= 15 is 0 Å². The van der Waals surface area contributed by atoms with Gasteiger partial charge in [-0.3, -0.25) is 4.79 Å². The lowest BCUT2D eigenvalue weighted by molar-refractivity contribution is -0.0374. The molecular weight excluding hydrogens is 551 g/mol. The lowest BCUT2D eigenvalue weighted by Gasteiger charge is -2.41. The Kier molecular flexibility index (Phi) is 6.65. The zero-order valence-corrected chi connectivity index (χ0v) is 23.8. The summed E-state index contributed by atoms with van der Waals surface area (Å²) in [5.41, 5.74) is 11.0. The van der Waals surface area contributed by atoms with Gasteiger partial charge in [0.05, 0.1) is 37.2 Å². The molecule has 0 bridgehead atoms. The molecule has 206 valence electrons. The van der Waals surface area contributed by atoms with Crippen LogP contribution in [0, 0.1) is 0 Å². The van der Waals surface area contributed by atoms with Crippen molar-refractivity contribution in [3.8, 4) is 39.6 Å². The third kappa shape index (κ3) is 4.56. The van der Waals surface area contributed by atoms with Crippen LogP contribution in [-0.4, -0.2) is 53.0 Å². The molecule has 1 fully saturated rings. The van der Waals surface area contributed by atoms with Crippen molar-refractivity contribution in [2.45, 2.75) is 26.0 Å². The van der Waals surface area contributed by atoms with Gasteiger partial charge in [0.1, 0.15) is 18.1 Å². The van der Waals surface area contributed by atoms with Crippen LogP contribution in [0.2, 0.25) is 10.0 Å². The van der Waals surface area contributed by atoms with E-state index in [0.29, 0.717) is 63.9 Å². The Bertz CT molecular complexity index is 1630. The van der Waals surface area contributed by atoms with Crippen LogP contribution in [0.4, 0.5) is 5.69 Å². The van der Waals surface area contributed by atoms with Crippen LogP contribution in [0.15, 0.2) is 54.6 Å². The summed E-state index contributed by atoms with van der Waals surface area (Å²) in [6.45, 7) is 5.49. The smallest absolute Gasteiger partial charge is 0.275 e. The normalized spacial score (nSPS) is 15.7. The molecule has 0 unspecified atom stereocenters. The molecule has 0 atom stereocenters. The minimum Gasteiger partial charge on any atom is -0.496 e. The van der Waals surface area contributed by atoms with E-state index in [1.165, 1.54) is 0 Å². The van der Waals surface area contributed by atoms with E-state index in [1.807, 2.05) is 55.1 Å². The van der Waals surface area contributed by atoms with Gasteiger partial charge in [-0.15, -0.1) is 0 Å². The number of nitrogens with two attached hydrogens (primary N) is 1. The number of halogens is 2. The SMILES string of the molecule is COc1cc2c(cc1-c1cccc(N)c1)-c1c(c(C(=O)N3CCOCC3(C)C)nn1-c1cc(Cl)cc(Cl)c1)CO2. The lowest BCUT2D eigenvalue weighted by Crippen LogP contribution is -2.55. The highest BCUT2D eigenvalue weighted by molar-refractivity contribution is 6.34. The van der Waals surface area contributed by atoms with Gasteiger partial charge in [-0.05, 0) is 55.8 Å². The summed E-state index contributed by atoms with van der Waals surface area (Å²) in [6.07, 6.45) is 0. The number of rotatable bonds is 4. The number of morpholine rings is 1. The molecule has 40 heavy (non-hydrogen) atoms. The zero-order valence-electron chi connectivity index (χ0n) is 22.3. The first-order chi connectivity index (χ1) is 19.2. The maximum absolute atomic E-state index is 14.1. The molecular formula is C30H28Cl2N4O4. The summed E-state index contributed by atoms with van der Waals surface area (Å²) >= 11 is 12.8. The van der Waals surface area contributed by atoms with E-state index in [0.717, 1.165) is 22.4 Å². The molecule has 4 aromatic rings. The van der Waals surface area contributed by atoms with E-state index in [2.05, 4.69) is 0 Å². The van der Waals surface area contributed by atoms with E-state index in [9.17, 15) is 4.79 Å². The number of nitrogen functional groups attached to an aromatic ring is 1. The van der Waals surface area contributed by atoms with Gasteiger partial charge >= 0.3 is 0 Å². The Labute approximate surface area is 242 Å². The number of benzene rings is 3. The molecule has 0 saturated carbocycles. The highest BCUT2D eigenvalue weighted by atomic mass is 35.5. The number of aromatic nitrogens is 2. The third-order valence-corrected chi connectivity index (χ3v) is 7.73. The number of carbonyl (C=O) groups is 1. The fourth-order valence-electron chi connectivity index (χ4n) is 5.36. The molecule has 2 N–H and O–H groups in total. The molecule has 0 spiro atoms. The van der Waals surface area contributed by atoms with Crippen LogP contribution in [0.5, 0.6) is 11.5 Å². The summed E-state index contributed by atoms with van der Waals surface area (Å²) in [5.74, 6) is 1.06. The van der Waals surface area contributed by atoms with Crippen molar-refractivity contribution in [1.82, 2.24) is 14.7 Å². The number of amides is 1. The van der Waals surface area contributed by atoms with Gasteiger partial charge in [-0.1, -0.05) is 35.3 Å². The minimum atomic E-state index is -0.493. The van der Waals surface area contributed by atoms with Crippen LogP contribution in [0.1, 0.15) is 29.9 Å². The largest absolute Gasteiger partial charge is 0.496 e. The molecule has 3 heterocycles. The summed E-state index contributed by atoms with van der Waals surface area (Å²) < 4.78 is 19.3.